The van der Waals surface area contributed by atoms with Crippen molar-refractivity contribution < 1.29 is 23.9 Å². The number of hydrogen-bond donors (Lipinski definition) is 2. The Morgan fingerprint density at radius 3 is 2.32 bits per heavy atom. The van der Waals surface area contributed by atoms with E-state index in [4.69, 9.17) is 21.1 Å². The Bertz CT molecular complexity index is 1610. The van der Waals surface area contributed by atoms with Crippen LogP contribution >= 0.6 is 11.6 Å². The quantitative estimate of drug-likeness (QED) is 0.306. The lowest BCUT2D eigenvalue weighted by Crippen LogP contribution is -2.32. The Morgan fingerprint density at radius 1 is 0.842 bits per heavy atom. The maximum absolute atomic E-state index is 13.2. The van der Waals surface area contributed by atoms with Crippen molar-refractivity contribution in [1.29, 1.82) is 0 Å². The molecule has 38 heavy (non-hydrogen) atoms. The number of fused-ring (bicyclic) bond motifs is 1. The van der Waals surface area contributed by atoms with Crippen LogP contribution in [0, 0.1) is 0 Å². The Morgan fingerprint density at radius 2 is 1.58 bits per heavy atom. The van der Waals surface area contributed by atoms with Gasteiger partial charge < -0.3 is 20.1 Å². The standard InChI is InChI=1S/C29H22ClN3O5/c1-37-20-14-15-23(24(16-20)38-2)33-28(35)25(30)26(29(33)36)31-19-12-10-18(11-13-19)27(34)32-22-9-5-7-17-6-3-4-8-21(17)22/h3-16,31H,1-2H3,(H,32,34). The molecule has 2 N–H and O–H groups in total. The summed E-state index contributed by atoms with van der Waals surface area (Å²) in [5.41, 5.74) is 1.75. The molecule has 0 unspecified atom stereocenters. The molecule has 1 heterocycles. The summed E-state index contributed by atoms with van der Waals surface area (Å²) in [5.74, 6) is -0.824. The molecule has 0 fully saturated rings. The molecule has 8 nitrogen and oxygen atoms in total. The van der Waals surface area contributed by atoms with E-state index in [0.717, 1.165) is 15.7 Å². The van der Waals surface area contributed by atoms with Gasteiger partial charge in [0.05, 0.1) is 19.9 Å². The minimum Gasteiger partial charge on any atom is -0.497 e. The molecule has 0 aromatic heterocycles. The maximum Gasteiger partial charge on any atom is 0.283 e. The van der Waals surface area contributed by atoms with Crippen molar-refractivity contribution in [1.82, 2.24) is 0 Å². The SMILES string of the molecule is COc1ccc(N2C(=O)C(Cl)=C(Nc3ccc(C(=O)Nc4cccc5ccccc45)cc3)C2=O)c(OC)c1. The summed E-state index contributed by atoms with van der Waals surface area (Å²) < 4.78 is 10.5. The lowest BCUT2D eigenvalue weighted by atomic mass is 10.1. The molecule has 1 aliphatic rings. The van der Waals surface area contributed by atoms with E-state index in [1.807, 2.05) is 42.5 Å². The third-order valence-corrected chi connectivity index (χ3v) is 6.46. The highest BCUT2D eigenvalue weighted by Crippen LogP contribution is 2.37. The number of rotatable bonds is 7. The molecule has 0 radical (unpaired) electrons. The van der Waals surface area contributed by atoms with E-state index >= 15 is 0 Å². The molecule has 0 aliphatic carbocycles. The van der Waals surface area contributed by atoms with Gasteiger partial charge in [-0.25, -0.2) is 4.90 Å². The van der Waals surface area contributed by atoms with Gasteiger partial charge in [0.25, 0.3) is 17.7 Å². The number of benzene rings is 4. The van der Waals surface area contributed by atoms with Gasteiger partial charge in [-0.3, -0.25) is 14.4 Å². The van der Waals surface area contributed by atoms with Crippen LogP contribution in [0.1, 0.15) is 10.4 Å². The van der Waals surface area contributed by atoms with Crippen LogP contribution in [-0.2, 0) is 9.59 Å². The van der Waals surface area contributed by atoms with Crippen molar-refractivity contribution in [2.75, 3.05) is 29.8 Å². The summed E-state index contributed by atoms with van der Waals surface area (Å²) in [5, 5.41) is 7.55. The van der Waals surface area contributed by atoms with Crippen molar-refractivity contribution in [3.05, 3.63) is 101 Å². The van der Waals surface area contributed by atoms with Gasteiger partial charge in [-0.05, 0) is 47.9 Å². The molecule has 0 atom stereocenters. The van der Waals surface area contributed by atoms with Gasteiger partial charge in [-0.1, -0.05) is 48.0 Å². The van der Waals surface area contributed by atoms with Crippen LogP contribution in [0.25, 0.3) is 10.8 Å². The first kappa shape index (κ1) is 24.9. The number of anilines is 3. The van der Waals surface area contributed by atoms with Crippen LogP contribution in [0.4, 0.5) is 17.1 Å². The van der Waals surface area contributed by atoms with Gasteiger partial charge in [0.2, 0.25) is 0 Å². The van der Waals surface area contributed by atoms with Gasteiger partial charge in [-0.15, -0.1) is 0 Å². The molecule has 0 saturated carbocycles. The minimum atomic E-state index is -0.686. The molecule has 9 heteroatoms. The fourth-order valence-electron chi connectivity index (χ4n) is 4.18. The summed E-state index contributed by atoms with van der Waals surface area (Å²) in [6, 6.07) is 24.7. The van der Waals surface area contributed by atoms with Gasteiger partial charge >= 0.3 is 0 Å². The predicted octanol–water partition coefficient (Wildman–Crippen LogP) is 5.55. The number of ether oxygens (including phenoxy) is 2. The van der Waals surface area contributed by atoms with E-state index in [1.165, 1.54) is 14.2 Å². The van der Waals surface area contributed by atoms with E-state index in [-0.39, 0.29) is 28.1 Å². The van der Waals surface area contributed by atoms with Gasteiger partial charge in [0.1, 0.15) is 22.2 Å². The number of halogens is 1. The summed E-state index contributed by atoms with van der Waals surface area (Å²) in [6.45, 7) is 0. The zero-order chi connectivity index (χ0) is 26.8. The van der Waals surface area contributed by atoms with E-state index in [9.17, 15) is 14.4 Å². The number of methoxy groups -OCH3 is 2. The lowest BCUT2D eigenvalue weighted by Gasteiger charge is -2.18. The molecule has 4 aromatic rings. The van der Waals surface area contributed by atoms with Crippen LogP contribution in [0.5, 0.6) is 11.5 Å². The van der Waals surface area contributed by atoms with Crippen molar-refractivity contribution in [3.63, 3.8) is 0 Å². The fraction of sp³-hybridized carbons (Fsp3) is 0.0690. The van der Waals surface area contributed by atoms with E-state index in [0.29, 0.717) is 22.7 Å². The van der Waals surface area contributed by atoms with Crippen molar-refractivity contribution in [2.24, 2.45) is 0 Å². The average molecular weight is 528 g/mol. The van der Waals surface area contributed by atoms with Crippen LogP contribution in [0.15, 0.2) is 95.7 Å². The molecular formula is C29H22ClN3O5. The molecule has 3 amide bonds. The topological polar surface area (TPSA) is 97.0 Å². The average Bonchev–Trinajstić information content (AvgIpc) is 3.16. The maximum atomic E-state index is 13.2. The van der Waals surface area contributed by atoms with Crippen molar-refractivity contribution >= 4 is 57.2 Å². The monoisotopic (exact) mass is 527 g/mol. The second kappa shape index (κ2) is 10.3. The summed E-state index contributed by atoms with van der Waals surface area (Å²) in [6.07, 6.45) is 0. The van der Waals surface area contributed by atoms with Gasteiger partial charge in [-0.2, -0.15) is 0 Å². The summed E-state index contributed by atoms with van der Waals surface area (Å²) in [4.78, 5) is 39.9. The van der Waals surface area contributed by atoms with Crippen LogP contribution in [-0.4, -0.2) is 31.9 Å². The smallest absolute Gasteiger partial charge is 0.283 e. The molecule has 0 saturated heterocycles. The normalized spacial score (nSPS) is 13.2. The summed E-state index contributed by atoms with van der Waals surface area (Å²) >= 11 is 6.27. The number of carbonyl (C=O) groups excluding carboxylic acids is 3. The highest BCUT2D eigenvalue weighted by atomic mass is 35.5. The number of imide groups is 1. The first-order valence-corrected chi connectivity index (χ1v) is 12.0. The second-order valence-electron chi connectivity index (χ2n) is 8.36. The largest absolute Gasteiger partial charge is 0.497 e. The summed E-state index contributed by atoms with van der Waals surface area (Å²) in [7, 11) is 2.93. The third-order valence-electron chi connectivity index (χ3n) is 6.11. The lowest BCUT2D eigenvalue weighted by molar-refractivity contribution is -0.120. The number of amides is 3. The molecule has 190 valence electrons. The second-order valence-corrected chi connectivity index (χ2v) is 8.73. The van der Waals surface area contributed by atoms with Gasteiger partial charge in [0.15, 0.2) is 0 Å². The molecule has 0 bridgehead atoms. The number of nitrogens with one attached hydrogen (secondary N) is 2. The van der Waals surface area contributed by atoms with Crippen LogP contribution in [0.2, 0.25) is 0 Å². The first-order valence-electron chi connectivity index (χ1n) is 11.6. The zero-order valence-electron chi connectivity index (χ0n) is 20.4. The molecule has 5 rings (SSSR count). The highest BCUT2D eigenvalue weighted by Gasteiger charge is 2.40. The van der Waals surface area contributed by atoms with Crippen molar-refractivity contribution in [3.8, 4) is 11.5 Å². The van der Waals surface area contributed by atoms with Gasteiger partial charge in [0, 0.05) is 28.4 Å². The first-order chi connectivity index (χ1) is 18.4. The van der Waals surface area contributed by atoms with Crippen LogP contribution < -0.4 is 25.0 Å². The van der Waals surface area contributed by atoms with E-state index < -0.39 is 11.8 Å². The Labute approximate surface area is 223 Å². The molecule has 0 spiro atoms. The Balaban J connectivity index is 1.33. The van der Waals surface area contributed by atoms with Crippen molar-refractivity contribution in [2.45, 2.75) is 0 Å². The Kier molecular flexibility index (Phi) is 6.72. The molecule has 1 aliphatic heterocycles. The fourth-order valence-corrected chi connectivity index (χ4v) is 4.39. The zero-order valence-corrected chi connectivity index (χ0v) is 21.2. The van der Waals surface area contributed by atoms with Crippen LogP contribution in [0.3, 0.4) is 0 Å². The number of carbonyl (C=O) groups is 3. The van der Waals surface area contributed by atoms with E-state index in [2.05, 4.69) is 10.6 Å². The third kappa shape index (κ3) is 4.53. The Hall–Kier alpha value is -4.82. The molecular weight excluding hydrogens is 506 g/mol. The van der Waals surface area contributed by atoms with E-state index in [1.54, 1.807) is 42.5 Å². The number of hydrogen-bond acceptors (Lipinski definition) is 6. The minimum absolute atomic E-state index is 0.0810. The predicted molar refractivity (Wildman–Crippen MR) is 147 cm³/mol. The highest BCUT2D eigenvalue weighted by molar-refractivity contribution is 6.53. The number of nitrogens with zero attached hydrogens (tertiary/aromatic N) is 1. The molecule has 4 aromatic carbocycles.